The molecule has 0 aliphatic carbocycles. The highest BCUT2D eigenvalue weighted by Gasteiger charge is 2.38. The maximum Gasteiger partial charge on any atom is 0.287 e. The summed E-state index contributed by atoms with van der Waals surface area (Å²) in [6, 6.07) is 7.18. The zero-order valence-electron chi connectivity index (χ0n) is 18.5. The molecule has 1 N–H and O–H groups in total. The minimum atomic E-state index is -0.373. The second-order valence-electron chi connectivity index (χ2n) is 8.74. The summed E-state index contributed by atoms with van der Waals surface area (Å²) in [6.07, 6.45) is 3.04. The smallest absolute Gasteiger partial charge is 0.287 e. The lowest BCUT2D eigenvalue weighted by molar-refractivity contribution is -0.136. The summed E-state index contributed by atoms with van der Waals surface area (Å²) in [6.45, 7) is 4.27. The number of nitrogens with one attached hydrogen (secondary N) is 1. The molecule has 9 nitrogen and oxygen atoms in total. The van der Waals surface area contributed by atoms with Crippen LogP contribution < -0.4 is 19.7 Å². The van der Waals surface area contributed by atoms with Gasteiger partial charge in [0, 0.05) is 49.4 Å². The summed E-state index contributed by atoms with van der Waals surface area (Å²) in [4.78, 5) is 41.6. The quantitative estimate of drug-likeness (QED) is 0.761. The molecule has 33 heavy (non-hydrogen) atoms. The van der Waals surface area contributed by atoms with Crippen molar-refractivity contribution in [2.45, 2.75) is 32.2 Å². The van der Waals surface area contributed by atoms with Crippen molar-refractivity contribution in [2.75, 3.05) is 37.7 Å². The van der Waals surface area contributed by atoms with Crippen molar-refractivity contribution >= 4 is 23.4 Å². The molecule has 2 fully saturated rings. The zero-order valence-corrected chi connectivity index (χ0v) is 18.5. The van der Waals surface area contributed by atoms with Gasteiger partial charge in [-0.3, -0.25) is 14.4 Å². The highest BCUT2D eigenvalue weighted by Crippen LogP contribution is 2.36. The van der Waals surface area contributed by atoms with Crippen LogP contribution in [0.1, 0.15) is 35.4 Å². The second kappa shape index (κ2) is 8.80. The van der Waals surface area contributed by atoms with Crippen LogP contribution in [0.25, 0.3) is 0 Å². The van der Waals surface area contributed by atoms with Crippen LogP contribution in [0.5, 0.6) is 11.5 Å². The molecule has 2 aromatic rings. The fraction of sp³-hybridized carbons (Fsp3) is 0.458. The summed E-state index contributed by atoms with van der Waals surface area (Å²) in [7, 11) is 0. The average molecular weight is 453 g/mol. The number of anilines is 1. The molecule has 1 aromatic heterocycles. The SMILES string of the molecule is Cc1ccoc1C(=O)NC1CCN(C(=O)C2CC(=O)N(c3ccc4c(c3)OCCO4)C2)CC1. The van der Waals surface area contributed by atoms with Crippen LogP contribution in [-0.2, 0) is 9.59 Å². The van der Waals surface area contributed by atoms with Crippen molar-refractivity contribution in [1.82, 2.24) is 10.2 Å². The van der Waals surface area contributed by atoms with Crippen LogP contribution in [0.15, 0.2) is 34.9 Å². The first-order valence-electron chi connectivity index (χ1n) is 11.3. The fourth-order valence-electron chi connectivity index (χ4n) is 4.68. The molecule has 9 heteroatoms. The van der Waals surface area contributed by atoms with Gasteiger partial charge in [0.1, 0.15) is 13.2 Å². The van der Waals surface area contributed by atoms with E-state index in [0.29, 0.717) is 68.6 Å². The van der Waals surface area contributed by atoms with Crippen LogP contribution in [-0.4, -0.2) is 61.5 Å². The number of likely N-dealkylation sites (tertiary alicyclic amines) is 1. The number of carbonyl (C=O) groups is 3. The summed E-state index contributed by atoms with van der Waals surface area (Å²) < 4.78 is 16.4. The molecule has 0 radical (unpaired) electrons. The van der Waals surface area contributed by atoms with E-state index in [2.05, 4.69) is 5.32 Å². The van der Waals surface area contributed by atoms with Crippen molar-refractivity contribution < 1.29 is 28.3 Å². The number of carbonyl (C=O) groups excluding carboxylic acids is 3. The van der Waals surface area contributed by atoms with Gasteiger partial charge in [-0.2, -0.15) is 0 Å². The van der Waals surface area contributed by atoms with Gasteiger partial charge in [-0.25, -0.2) is 0 Å². The number of hydrogen-bond donors (Lipinski definition) is 1. The van der Waals surface area contributed by atoms with Crippen molar-refractivity contribution in [1.29, 1.82) is 0 Å². The van der Waals surface area contributed by atoms with Gasteiger partial charge < -0.3 is 29.0 Å². The molecule has 3 aliphatic heterocycles. The Bertz CT molecular complexity index is 1070. The molecule has 3 amide bonds. The van der Waals surface area contributed by atoms with Gasteiger partial charge in [-0.15, -0.1) is 0 Å². The number of hydrogen-bond acceptors (Lipinski definition) is 6. The normalized spacial score (nSPS) is 20.8. The van der Waals surface area contributed by atoms with Crippen molar-refractivity contribution in [3.05, 3.63) is 41.9 Å². The molecule has 1 unspecified atom stereocenters. The predicted molar refractivity (Wildman–Crippen MR) is 118 cm³/mol. The Kier molecular flexibility index (Phi) is 5.70. The predicted octanol–water partition coefficient (Wildman–Crippen LogP) is 2.13. The van der Waals surface area contributed by atoms with E-state index < -0.39 is 0 Å². The molecular weight excluding hydrogens is 426 g/mol. The Hall–Kier alpha value is -3.49. The van der Waals surface area contributed by atoms with Crippen molar-refractivity contribution in [2.24, 2.45) is 5.92 Å². The van der Waals surface area contributed by atoms with Crippen LogP contribution >= 0.6 is 0 Å². The lowest BCUT2D eigenvalue weighted by Crippen LogP contribution is -2.48. The second-order valence-corrected chi connectivity index (χ2v) is 8.74. The molecule has 3 aliphatic rings. The Morgan fingerprint density at radius 1 is 1.06 bits per heavy atom. The van der Waals surface area contributed by atoms with E-state index in [1.54, 1.807) is 23.1 Å². The van der Waals surface area contributed by atoms with E-state index in [1.807, 2.05) is 17.9 Å². The number of fused-ring (bicyclic) bond motifs is 1. The third kappa shape index (κ3) is 4.27. The lowest BCUT2D eigenvalue weighted by atomic mass is 10.0. The molecule has 0 spiro atoms. The third-order valence-corrected chi connectivity index (χ3v) is 6.52. The molecular formula is C24H27N3O6. The van der Waals surface area contributed by atoms with Gasteiger partial charge >= 0.3 is 0 Å². The minimum absolute atomic E-state index is 0.00458. The molecule has 5 rings (SSSR count). The Morgan fingerprint density at radius 2 is 1.82 bits per heavy atom. The standard InChI is InChI=1S/C24H27N3O6/c1-15-6-9-33-22(15)23(29)25-17-4-7-26(8-5-17)24(30)16-12-21(28)27(14-16)18-2-3-19-20(13-18)32-11-10-31-19/h2-3,6,9,13,16-17H,4-5,7-8,10-12,14H2,1H3,(H,25,29). The van der Waals surface area contributed by atoms with Gasteiger partial charge in [-0.05, 0) is 38.0 Å². The number of amides is 3. The fourth-order valence-corrected chi connectivity index (χ4v) is 4.68. The van der Waals surface area contributed by atoms with E-state index in [4.69, 9.17) is 13.9 Å². The minimum Gasteiger partial charge on any atom is -0.486 e. The van der Waals surface area contributed by atoms with E-state index in [1.165, 1.54) is 6.26 Å². The first-order chi connectivity index (χ1) is 16.0. The maximum atomic E-state index is 13.1. The first kappa shape index (κ1) is 21.4. The molecule has 0 saturated carbocycles. The largest absolute Gasteiger partial charge is 0.486 e. The van der Waals surface area contributed by atoms with Crippen molar-refractivity contribution in [3.8, 4) is 11.5 Å². The molecule has 174 valence electrons. The number of furan rings is 1. The number of aryl methyl sites for hydroxylation is 1. The van der Waals surface area contributed by atoms with E-state index >= 15 is 0 Å². The first-order valence-corrected chi connectivity index (χ1v) is 11.3. The monoisotopic (exact) mass is 453 g/mol. The Morgan fingerprint density at radius 3 is 2.55 bits per heavy atom. The maximum absolute atomic E-state index is 13.1. The van der Waals surface area contributed by atoms with Gasteiger partial charge in [0.2, 0.25) is 11.8 Å². The number of piperidine rings is 1. The average Bonchev–Trinajstić information content (AvgIpc) is 3.44. The van der Waals surface area contributed by atoms with Crippen LogP contribution in [0, 0.1) is 12.8 Å². The molecule has 1 atom stereocenters. The Balaban J connectivity index is 1.16. The van der Waals surface area contributed by atoms with E-state index in [0.717, 1.165) is 5.56 Å². The van der Waals surface area contributed by atoms with Crippen LogP contribution in [0.3, 0.4) is 0 Å². The number of ether oxygens (including phenoxy) is 2. The lowest BCUT2D eigenvalue weighted by Gasteiger charge is -2.33. The van der Waals surface area contributed by atoms with Crippen molar-refractivity contribution in [3.63, 3.8) is 0 Å². The van der Waals surface area contributed by atoms with E-state index in [-0.39, 0.29) is 36.1 Å². The number of rotatable bonds is 4. The molecule has 1 aromatic carbocycles. The molecule has 4 heterocycles. The van der Waals surface area contributed by atoms with Gasteiger partial charge in [0.25, 0.3) is 5.91 Å². The van der Waals surface area contributed by atoms with Gasteiger partial charge in [0.05, 0.1) is 12.2 Å². The highest BCUT2D eigenvalue weighted by atomic mass is 16.6. The molecule has 2 saturated heterocycles. The van der Waals surface area contributed by atoms with Crippen LogP contribution in [0.2, 0.25) is 0 Å². The highest BCUT2D eigenvalue weighted by molar-refractivity contribution is 6.00. The summed E-state index contributed by atoms with van der Waals surface area (Å²) >= 11 is 0. The Labute approximate surface area is 191 Å². The number of nitrogens with zero attached hydrogens (tertiary/aromatic N) is 2. The summed E-state index contributed by atoms with van der Waals surface area (Å²) in [5.74, 6) is 0.950. The third-order valence-electron chi connectivity index (χ3n) is 6.52. The van der Waals surface area contributed by atoms with Gasteiger partial charge in [0.15, 0.2) is 17.3 Å². The molecule has 0 bridgehead atoms. The summed E-state index contributed by atoms with van der Waals surface area (Å²) in [5, 5.41) is 3.00. The topological polar surface area (TPSA) is 101 Å². The van der Waals surface area contributed by atoms with E-state index in [9.17, 15) is 14.4 Å². The van der Waals surface area contributed by atoms with Gasteiger partial charge in [-0.1, -0.05) is 0 Å². The zero-order chi connectivity index (χ0) is 22.9. The van der Waals surface area contributed by atoms with Crippen LogP contribution in [0.4, 0.5) is 5.69 Å². The summed E-state index contributed by atoms with van der Waals surface area (Å²) in [5.41, 5.74) is 1.52. The number of benzene rings is 1.